The van der Waals surface area contributed by atoms with Crippen molar-refractivity contribution >= 4 is 5.97 Å². The molecular formula is C21H34O3. The summed E-state index contributed by atoms with van der Waals surface area (Å²) >= 11 is 0. The number of aliphatic hydroxyl groups is 1. The van der Waals surface area contributed by atoms with Gasteiger partial charge in [-0.1, -0.05) is 6.92 Å². The monoisotopic (exact) mass is 334 g/mol. The summed E-state index contributed by atoms with van der Waals surface area (Å²) < 4.78 is 0. The number of fused-ring (bicyclic) bond motifs is 5. The van der Waals surface area contributed by atoms with E-state index in [1.54, 1.807) is 0 Å². The molecular weight excluding hydrogens is 300 g/mol. The largest absolute Gasteiger partial charge is 0.481 e. The van der Waals surface area contributed by atoms with Crippen LogP contribution < -0.4 is 0 Å². The lowest BCUT2D eigenvalue weighted by atomic mass is 9.49. The number of carbonyl (C=O) groups is 1. The lowest BCUT2D eigenvalue weighted by Crippen LogP contribution is -2.50. The van der Waals surface area contributed by atoms with Crippen molar-refractivity contribution in [2.45, 2.75) is 83.7 Å². The zero-order valence-electron chi connectivity index (χ0n) is 15.3. The van der Waals surface area contributed by atoms with Gasteiger partial charge in [0.2, 0.25) is 0 Å². The third-order valence-corrected chi connectivity index (χ3v) is 8.85. The Kier molecular flexibility index (Phi) is 4.02. The van der Waals surface area contributed by atoms with Gasteiger partial charge in [-0.3, -0.25) is 4.79 Å². The van der Waals surface area contributed by atoms with Gasteiger partial charge in [0.1, 0.15) is 0 Å². The normalized spacial score (nSPS) is 53.8. The van der Waals surface area contributed by atoms with Gasteiger partial charge in [-0.2, -0.15) is 0 Å². The molecule has 0 spiro atoms. The molecule has 0 aromatic carbocycles. The minimum absolute atomic E-state index is 0.270. The van der Waals surface area contributed by atoms with Crippen LogP contribution in [0.3, 0.4) is 0 Å². The maximum Gasteiger partial charge on any atom is 0.303 e. The van der Waals surface area contributed by atoms with Crippen molar-refractivity contribution in [2.75, 3.05) is 0 Å². The highest BCUT2D eigenvalue weighted by Crippen LogP contribution is 2.65. The molecule has 0 radical (unpaired) electrons. The van der Waals surface area contributed by atoms with E-state index in [0.717, 1.165) is 48.9 Å². The van der Waals surface area contributed by atoms with E-state index in [4.69, 9.17) is 0 Å². The molecule has 0 unspecified atom stereocenters. The molecule has 3 heteroatoms. The molecule has 4 rings (SSSR count). The van der Waals surface area contributed by atoms with Crippen LogP contribution in [0.15, 0.2) is 0 Å². The Hall–Kier alpha value is -0.570. The second-order valence-electron chi connectivity index (χ2n) is 10.1. The van der Waals surface area contributed by atoms with Crippen molar-refractivity contribution in [1.29, 1.82) is 0 Å². The molecule has 0 bridgehead atoms. The average Bonchev–Trinajstić information content (AvgIpc) is 2.82. The fourth-order valence-corrected chi connectivity index (χ4v) is 7.74. The number of carboxylic acid groups (broad SMARTS) is 1. The van der Waals surface area contributed by atoms with E-state index in [9.17, 15) is 15.0 Å². The van der Waals surface area contributed by atoms with Crippen molar-refractivity contribution < 1.29 is 15.0 Å². The van der Waals surface area contributed by atoms with Crippen molar-refractivity contribution in [3.63, 3.8) is 0 Å². The van der Waals surface area contributed by atoms with Crippen LogP contribution in [0, 0.1) is 40.9 Å². The Labute approximate surface area is 146 Å². The summed E-state index contributed by atoms with van der Waals surface area (Å²) in [5.74, 6) is 3.77. The molecule has 0 aromatic rings. The maximum absolute atomic E-state index is 11.3. The minimum Gasteiger partial charge on any atom is -0.481 e. The van der Waals surface area contributed by atoms with Crippen molar-refractivity contribution in [2.24, 2.45) is 40.9 Å². The summed E-state index contributed by atoms with van der Waals surface area (Å²) in [6, 6.07) is 0. The highest BCUT2D eigenvalue weighted by atomic mass is 16.4. The minimum atomic E-state index is -0.609. The van der Waals surface area contributed by atoms with E-state index in [1.807, 2.05) is 6.92 Å². The molecule has 136 valence electrons. The SMILES string of the molecule is C[C@@]1(O)CC[C@H]2[C@H](CC[C@@H]3[C@@H]2CC[C@]2(C)[C@@H](CC(=O)O)CC[C@@H]32)C1. The van der Waals surface area contributed by atoms with E-state index in [2.05, 4.69) is 6.92 Å². The molecule has 4 aliphatic carbocycles. The van der Waals surface area contributed by atoms with Crippen molar-refractivity contribution in [3.05, 3.63) is 0 Å². The molecule has 4 aliphatic rings. The molecule has 0 amide bonds. The van der Waals surface area contributed by atoms with Crippen LogP contribution >= 0.6 is 0 Å². The Morgan fingerprint density at radius 2 is 1.71 bits per heavy atom. The number of carboxylic acids is 1. The van der Waals surface area contributed by atoms with Crippen LogP contribution in [-0.2, 0) is 4.79 Å². The molecule has 2 N–H and O–H groups in total. The van der Waals surface area contributed by atoms with E-state index < -0.39 is 11.6 Å². The summed E-state index contributed by atoms with van der Waals surface area (Å²) in [5, 5.41) is 19.8. The molecule has 24 heavy (non-hydrogen) atoms. The molecule has 0 saturated heterocycles. The lowest BCUT2D eigenvalue weighted by Gasteiger charge is -2.57. The number of hydrogen-bond donors (Lipinski definition) is 2. The Morgan fingerprint density at radius 1 is 0.958 bits per heavy atom. The lowest BCUT2D eigenvalue weighted by molar-refractivity contribution is -0.140. The fraction of sp³-hybridized carbons (Fsp3) is 0.952. The van der Waals surface area contributed by atoms with E-state index in [0.29, 0.717) is 12.3 Å². The molecule has 4 fully saturated rings. The second kappa shape index (κ2) is 5.72. The van der Waals surface area contributed by atoms with Crippen LogP contribution in [-0.4, -0.2) is 21.8 Å². The molecule has 4 saturated carbocycles. The highest BCUT2D eigenvalue weighted by Gasteiger charge is 2.57. The number of hydrogen-bond acceptors (Lipinski definition) is 2. The van der Waals surface area contributed by atoms with Gasteiger partial charge < -0.3 is 10.2 Å². The average molecular weight is 335 g/mol. The quantitative estimate of drug-likeness (QED) is 0.783. The van der Waals surface area contributed by atoms with Crippen LogP contribution in [0.5, 0.6) is 0 Å². The first kappa shape index (κ1) is 16.9. The van der Waals surface area contributed by atoms with E-state index in [-0.39, 0.29) is 5.41 Å². The van der Waals surface area contributed by atoms with Crippen molar-refractivity contribution in [1.82, 2.24) is 0 Å². The molecule has 0 heterocycles. The first-order valence-electron chi connectivity index (χ1n) is 10.2. The maximum atomic E-state index is 11.3. The topological polar surface area (TPSA) is 57.5 Å². The van der Waals surface area contributed by atoms with Crippen LogP contribution in [0.25, 0.3) is 0 Å². The van der Waals surface area contributed by atoms with E-state index in [1.165, 1.54) is 38.5 Å². The third-order valence-electron chi connectivity index (χ3n) is 8.85. The number of aliphatic carboxylic acids is 1. The third kappa shape index (κ3) is 2.62. The predicted octanol–water partition coefficient (Wildman–Crippen LogP) is 4.48. The first-order chi connectivity index (χ1) is 11.3. The zero-order valence-corrected chi connectivity index (χ0v) is 15.3. The summed E-state index contributed by atoms with van der Waals surface area (Å²) in [6.07, 6.45) is 11.1. The van der Waals surface area contributed by atoms with Gasteiger partial charge in [0.25, 0.3) is 0 Å². The number of rotatable bonds is 2. The smallest absolute Gasteiger partial charge is 0.303 e. The predicted molar refractivity (Wildman–Crippen MR) is 93.5 cm³/mol. The van der Waals surface area contributed by atoms with Gasteiger partial charge >= 0.3 is 5.97 Å². The van der Waals surface area contributed by atoms with Gasteiger partial charge in [0.05, 0.1) is 5.60 Å². The zero-order chi connectivity index (χ0) is 17.1. The Balaban J connectivity index is 1.52. The van der Waals surface area contributed by atoms with Gasteiger partial charge in [-0.15, -0.1) is 0 Å². The second-order valence-corrected chi connectivity index (χ2v) is 10.1. The molecule has 8 atom stereocenters. The Bertz CT molecular complexity index is 513. The van der Waals surface area contributed by atoms with Gasteiger partial charge in [-0.05, 0) is 106 Å². The summed E-state index contributed by atoms with van der Waals surface area (Å²) in [6.45, 7) is 4.44. The first-order valence-corrected chi connectivity index (χ1v) is 10.2. The molecule has 3 nitrogen and oxygen atoms in total. The standard InChI is InChI=1S/C21H34O3/c1-20(24)9-7-15-13(12-20)3-5-17-16(15)8-10-21(2)14(11-19(22)23)4-6-18(17)21/h13-18,24H,3-12H2,1-2H3,(H,22,23)/t13-,14-,15+,16-,17-,18+,20-,21-/m1/s1. The van der Waals surface area contributed by atoms with E-state index >= 15 is 0 Å². The molecule has 0 aliphatic heterocycles. The van der Waals surface area contributed by atoms with Crippen LogP contribution in [0.4, 0.5) is 0 Å². The van der Waals surface area contributed by atoms with Gasteiger partial charge in [-0.25, -0.2) is 0 Å². The van der Waals surface area contributed by atoms with Gasteiger partial charge in [0, 0.05) is 6.42 Å². The summed E-state index contributed by atoms with van der Waals surface area (Å²) in [5.41, 5.74) is -0.163. The van der Waals surface area contributed by atoms with Crippen molar-refractivity contribution in [3.8, 4) is 0 Å². The van der Waals surface area contributed by atoms with Crippen LogP contribution in [0.2, 0.25) is 0 Å². The van der Waals surface area contributed by atoms with Crippen LogP contribution in [0.1, 0.15) is 78.1 Å². The Morgan fingerprint density at radius 3 is 2.46 bits per heavy atom. The molecule has 0 aromatic heterocycles. The summed E-state index contributed by atoms with van der Waals surface area (Å²) in [4.78, 5) is 11.3. The summed E-state index contributed by atoms with van der Waals surface area (Å²) in [7, 11) is 0. The fourth-order valence-electron chi connectivity index (χ4n) is 7.74. The highest BCUT2D eigenvalue weighted by molar-refractivity contribution is 5.67. The van der Waals surface area contributed by atoms with Gasteiger partial charge in [0.15, 0.2) is 0 Å².